The minimum atomic E-state index is 0.601. The van der Waals surface area contributed by atoms with Crippen molar-refractivity contribution in [1.82, 2.24) is 5.32 Å². The minimum Gasteiger partial charge on any atom is -0.371 e. The molecule has 0 spiro atoms. The summed E-state index contributed by atoms with van der Waals surface area (Å²) in [7, 11) is 2.18. The topological polar surface area (TPSA) is 15.3 Å². The third-order valence-corrected chi connectivity index (χ3v) is 4.30. The minimum absolute atomic E-state index is 0.601. The third-order valence-electron chi connectivity index (χ3n) is 3.94. The molecule has 1 unspecified atom stereocenters. The van der Waals surface area contributed by atoms with Crippen LogP contribution in [0.5, 0.6) is 0 Å². The van der Waals surface area contributed by atoms with Gasteiger partial charge < -0.3 is 10.2 Å². The van der Waals surface area contributed by atoms with E-state index in [4.69, 9.17) is 11.6 Å². The Kier molecular flexibility index (Phi) is 4.52. The molecule has 1 fully saturated rings. The molecule has 2 nitrogen and oxygen atoms in total. The lowest BCUT2D eigenvalue weighted by Gasteiger charge is -2.29. The second kappa shape index (κ2) is 5.94. The lowest BCUT2D eigenvalue weighted by molar-refractivity contribution is 0.605. The molecule has 1 N–H and O–H groups in total. The van der Waals surface area contributed by atoms with Gasteiger partial charge in [-0.15, -0.1) is 0 Å². The van der Waals surface area contributed by atoms with Crippen molar-refractivity contribution in [3.05, 3.63) is 28.8 Å². The van der Waals surface area contributed by atoms with E-state index in [0.717, 1.165) is 24.0 Å². The molecule has 2 rings (SSSR count). The lowest BCUT2D eigenvalue weighted by Crippen LogP contribution is -2.32. The van der Waals surface area contributed by atoms with Gasteiger partial charge in [-0.2, -0.15) is 0 Å². The molecule has 100 valence electrons. The normalized spacial score (nSPS) is 16.7. The molecule has 1 atom stereocenters. The largest absolute Gasteiger partial charge is 0.371 e. The molecule has 0 amide bonds. The van der Waals surface area contributed by atoms with E-state index in [1.165, 1.54) is 24.1 Å². The summed E-state index contributed by atoms with van der Waals surface area (Å²) in [5, 5.41) is 4.24. The van der Waals surface area contributed by atoms with Gasteiger partial charge in [0.1, 0.15) is 0 Å². The van der Waals surface area contributed by atoms with Crippen molar-refractivity contribution in [3.63, 3.8) is 0 Å². The number of hydrogen-bond acceptors (Lipinski definition) is 2. The van der Waals surface area contributed by atoms with Crippen molar-refractivity contribution in [2.75, 3.05) is 18.5 Å². The molecule has 1 aliphatic rings. The number of halogens is 1. The van der Waals surface area contributed by atoms with Crippen LogP contribution in [0, 0.1) is 5.92 Å². The molecule has 0 aromatic heterocycles. The molecular weight excluding hydrogens is 244 g/mol. The van der Waals surface area contributed by atoms with E-state index < -0.39 is 0 Å². The average Bonchev–Trinajstić information content (AvgIpc) is 3.19. The molecule has 0 heterocycles. The van der Waals surface area contributed by atoms with E-state index >= 15 is 0 Å². The molecule has 3 heteroatoms. The molecule has 18 heavy (non-hydrogen) atoms. The van der Waals surface area contributed by atoms with Gasteiger partial charge in [0, 0.05) is 35.9 Å². The maximum absolute atomic E-state index is 6.34. The summed E-state index contributed by atoms with van der Waals surface area (Å²) in [6.07, 6.45) is 2.74. The monoisotopic (exact) mass is 266 g/mol. The SMILES string of the molecule is CCNCc1c(Cl)cccc1N(C)C(C)C1CC1. The van der Waals surface area contributed by atoms with Crippen LogP contribution in [0.25, 0.3) is 0 Å². The summed E-state index contributed by atoms with van der Waals surface area (Å²) in [5.74, 6) is 0.862. The zero-order valence-electron chi connectivity index (χ0n) is 11.5. The van der Waals surface area contributed by atoms with Gasteiger partial charge >= 0.3 is 0 Å². The molecule has 0 saturated heterocycles. The first kappa shape index (κ1) is 13.7. The van der Waals surface area contributed by atoms with Crippen LogP contribution in [0.1, 0.15) is 32.3 Å². The van der Waals surface area contributed by atoms with Crippen LogP contribution < -0.4 is 10.2 Å². The Morgan fingerprint density at radius 2 is 2.17 bits per heavy atom. The highest BCUT2D eigenvalue weighted by Gasteiger charge is 2.31. The summed E-state index contributed by atoms with van der Waals surface area (Å²) >= 11 is 6.34. The Hall–Kier alpha value is -0.730. The van der Waals surface area contributed by atoms with E-state index in [1.807, 2.05) is 12.1 Å². The highest BCUT2D eigenvalue weighted by Crippen LogP contribution is 2.37. The van der Waals surface area contributed by atoms with Crippen molar-refractivity contribution in [2.45, 2.75) is 39.3 Å². The first-order valence-corrected chi connectivity index (χ1v) is 7.23. The van der Waals surface area contributed by atoms with Crippen LogP contribution in [0.15, 0.2) is 18.2 Å². The van der Waals surface area contributed by atoms with Gasteiger partial charge in [0.25, 0.3) is 0 Å². The van der Waals surface area contributed by atoms with Gasteiger partial charge in [-0.3, -0.25) is 0 Å². The first-order valence-electron chi connectivity index (χ1n) is 6.86. The van der Waals surface area contributed by atoms with Gasteiger partial charge in [0.05, 0.1) is 0 Å². The van der Waals surface area contributed by atoms with Gasteiger partial charge in [-0.05, 0) is 44.4 Å². The molecule has 1 aromatic carbocycles. The van der Waals surface area contributed by atoms with Gasteiger partial charge in [-0.25, -0.2) is 0 Å². The van der Waals surface area contributed by atoms with Crippen LogP contribution in [0.3, 0.4) is 0 Å². The molecular formula is C15H23ClN2. The molecule has 0 radical (unpaired) electrons. The maximum atomic E-state index is 6.34. The van der Waals surface area contributed by atoms with Crippen molar-refractivity contribution in [3.8, 4) is 0 Å². The van der Waals surface area contributed by atoms with E-state index in [0.29, 0.717) is 6.04 Å². The Labute approximate surface area is 115 Å². The van der Waals surface area contributed by atoms with E-state index in [-0.39, 0.29) is 0 Å². The van der Waals surface area contributed by atoms with E-state index in [2.05, 4.69) is 37.2 Å². The van der Waals surface area contributed by atoms with E-state index in [9.17, 15) is 0 Å². The number of hydrogen-bond donors (Lipinski definition) is 1. The zero-order valence-corrected chi connectivity index (χ0v) is 12.3. The smallest absolute Gasteiger partial charge is 0.0471 e. The second-order valence-electron chi connectivity index (χ2n) is 5.21. The fourth-order valence-electron chi connectivity index (χ4n) is 2.42. The molecule has 1 aliphatic carbocycles. The summed E-state index contributed by atoms with van der Waals surface area (Å²) in [6, 6.07) is 6.80. The Morgan fingerprint density at radius 1 is 1.44 bits per heavy atom. The van der Waals surface area contributed by atoms with Crippen molar-refractivity contribution in [2.24, 2.45) is 5.92 Å². The van der Waals surface area contributed by atoms with E-state index in [1.54, 1.807) is 0 Å². The predicted octanol–water partition coefficient (Wildman–Crippen LogP) is 3.68. The molecule has 0 bridgehead atoms. The van der Waals surface area contributed by atoms with Crippen molar-refractivity contribution >= 4 is 17.3 Å². The second-order valence-corrected chi connectivity index (χ2v) is 5.61. The number of benzene rings is 1. The Morgan fingerprint density at radius 3 is 2.78 bits per heavy atom. The highest BCUT2D eigenvalue weighted by atomic mass is 35.5. The van der Waals surface area contributed by atoms with Crippen LogP contribution >= 0.6 is 11.6 Å². The van der Waals surface area contributed by atoms with Crippen LogP contribution in [-0.4, -0.2) is 19.6 Å². The van der Waals surface area contributed by atoms with Gasteiger partial charge in [0.2, 0.25) is 0 Å². The van der Waals surface area contributed by atoms with Crippen LogP contribution in [0.4, 0.5) is 5.69 Å². The van der Waals surface area contributed by atoms with Crippen LogP contribution in [-0.2, 0) is 6.54 Å². The van der Waals surface area contributed by atoms with Crippen molar-refractivity contribution in [1.29, 1.82) is 0 Å². The number of rotatable bonds is 6. The molecule has 0 aliphatic heterocycles. The Balaban J connectivity index is 2.21. The van der Waals surface area contributed by atoms with Crippen LogP contribution in [0.2, 0.25) is 5.02 Å². The number of anilines is 1. The summed E-state index contributed by atoms with van der Waals surface area (Å²) < 4.78 is 0. The summed E-state index contributed by atoms with van der Waals surface area (Å²) in [5.41, 5.74) is 2.49. The standard InChI is InChI=1S/C15H23ClN2/c1-4-17-10-13-14(16)6-5-7-15(13)18(3)11(2)12-8-9-12/h5-7,11-12,17H,4,8-10H2,1-3H3. The summed E-state index contributed by atoms with van der Waals surface area (Å²) in [6.45, 7) is 6.24. The number of nitrogens with one attached hydrogen (secondary N) is 1. The first-order chi connectivity index (χ1) is 8.65. The lowest BCUT2D eigenvalue weighted by atomic mass is 10.1. The van der Waals surface area contributed by atoms with Gasteiger partial charge in [0.15, 0.2) is 0 Å². The third kappa shape index (κ3) is 2.99. The number of nitrogens with zero attached hydrogens (tertiary/aromatic N) is 1. The predicted molar refractivity (Wildman–Crippen MR) is 79.4 cm³/mol. The maximum Gasteiger partial charge on any atom is 0.0471 e. The fourth-order valence-corrected chi connectivity index (χ4v) is 2.65. The average molecular weight is 267 g/mol. The Bertz CT molecular complexity index is 401. The fraction of sp³-hybridized carbons (Fsp3) is 0.600. The summed E-state index contributed by atoms with van der Waals surface area (Å²) in [4.78, 5) is 2.39. The molecule has 1 aromatic rings. The quantitative estimate of drug-likeness (QED) is 0.845. The van der Waals surface area contributed by atoms with Gasteiger partial charge in [-0.1, -0.05) is 24.6 Å². The van der Waals surface area contributed by atoms with Crippen molar-refractivity contribution < 1.29 is 0 Å². The zero-order chi connectivity index (χ0) is 13.1. The molecule has 1 saturated carbocycles. The highest BCUT2D eigenvalue weighted by molar-refractivity contribution is 6.31.